The summed E-state index contributed by atoms with van der Waals surface area (Å²) in [5, 5.41) is 4.12. The number of aromatic nitrogens is 3. The van der Waals surface area contributed by atoms with Gasteiger partial charge in [-0.2, -0.15) is 4.98 Å². The van der Waals surface area contributed by atoms with Crippen molar-refractivity contribution in [2.24, 2.45) is 5.92 Å². The molecule has 0 N–H and O–H groups in total. The van der Waals surface area contributed by atoms with Crippen molar-refractivity contribution >= 4 is 5.82 Å². The van der Waals surface area contributed by atoms with Gasteiger partial charge in [-0.1, -0.05) is 12.1 Å². The van der Waals surface area contributed by atoms with Crippen molar-refractivity contribution in [2.45, 2.75) is 26.3 Å². The number of pyridine rings is 1. The van der Waals surface area contributed by atoms with Gasteiger partial charge in [-0.05, 0) is 44.0 Å². The molecule has 2 aliphatic heterocycles. The minimum Gasteiger partial charge on any atom is -0.378 e. The maximum Gasteiger partial charge on any atom is 0.241 e. The lowest BCUT2D eigenvalue weighted by molar-refractivity contribution is 0.122. The van der Waals surface area contributed by atoms with E-state index in [0.717, 1.165) is 63.2 Å². The van der Waals surface area contributed by atoms with E-state index in [-0.39, 0.29) is 0 Å². The van der Waals surface area contributed by atoms with Gasteiger partial charge in [0.1, 0.15) is 5.82 Å². The molecular weight excluding hydrogens is 318 g/mol. The van der Waals surface area contributed by atoms with Gasteiger partial charge in [-0.25, -0.2) is 4.98 Å². The molecule has 0 spiro atoms. The number of ether oxygens (including phenoxy) is 1. The van der Waals surface area contributed by atoms with Crippen LogP contribution in [0.5, 0.6) is 0 Å². The van der Waals surface area contributed by atoms with Crippen LogP contribution in [0.1, 0.15) is 25.7 Å². The fraction of sp³-hybridized carbons (Fsp3) is 0.611. The number of morpholine rings is 1. The Kier molecular flexibility index (Phi) is 4.94. The second-order valence-corrected chi connectivity index (χ2v) is 6.97. The first-order chi connectivity index (χ1) is 12.3. The summed E-state index contributed by atoms with van der Waals surface area (Å²) in [6.45, 7) is 8.54. The van der Waals surface area contributed by atoms with Crippen LogP contribution < -0.4 is 4.90 Å². The Morgan fingerprint density at radius 1 is 1.12 bits per heavy atom. The molecule has 0 aliphatic carbocycles. The van der Waals surface area contributed by atoms with Crippen LogP contribution in [0.25, 0.3) is 11.4 Å². The predicted octanol–water partition coefficient (Wildman–Crippen LogP) is 2.20. The number of nitrogens with zero attached hydrogens (tertiary/aromatic N) is 5. The minimum atomic E-state index is 0.612. The first-order valence-electron chi connectivity index (χ1n) is 9.12. The molecule has 7 nitrogen and oxygen atoms in total. The van der Waals surface area contributed by atoms with Crippen LogP contribution in [-0.2, 0) is 11.3 Å². The van der Waals surface area contributed by atoms with Gasteiger partial charge in [0.2, 0.25) is 11.7 Å². The van der Waals surface area contributed by atoms with Gasteiger partial charge >= 0.3 is 0 Å². The summed E-state index contributed by atoms with van der Waals surface area (Å²) in [4.78, 5) is 13.7. The summed E-state index contributed by atoms with van der Waals surface area (Å²) in [6, 6.07) is 4.03. The lowest BCUT2D eigenvalue weighted by Crippen LogP contribution is -2.36. The molecule has 0 bridgehead atoms. The van der Waals surface area contributed by atoms with Gasteiger partial charge < -0.3 is 14.2 Å². The summed E-state index contributed by atoms with van der Waals surface area (Å²) >= 11 is 0. The zero-order chi connectivity index (χ0) is 17.1. The van der Waals surface area contributed by atoms with Crippen LogP contribution in [0.2, 0.25) is 0 Å². The predicted molar refractivity (Wildman–Crippen MR) is 94.2 cm³/mol. The van der Waals surface area contributed by atoms with E-state index in [1.165, 1.54) is 12.8 Å². The number of anilines is 1. The summed E-state index contributed by atoms with van der Waals surface area (Å²) in [5.41, 5.74) is 0.888. The molecule has 2 saturated heterocycles. The molecule has 0 atom stereocenters. The quantitative estimate of drug-likeness (QED) is 0.843. The summed E-state index contributed by atoms with van der Waals surface area (Å²) in [7, 11) is 0. The standard InChI is InChI=1S/C18H25N5O2/c1-14-4-6-22(7-5-14)13-17-20-18(21-25-17)15-2-3-16(19-12-15)23-8-10-24-11-9-23/h2-3,12,14H,4-11,13H2,1H3. The maximum absolute atomic E-state index is 5.44. The zero-order valence-corrected chi connectivity index (χ0v) is 14.7. The fourth-order valence-corrected chi connectivity index (χ4v) is 3.35. The van der Waals surface area contributed by atoms with E-state index in [1.807, 2.05) is 18.3 Å². The van der Waals surface area contributed by atoms with Crippen molar-refractivity contribution < 1.29 is 9.26 Å². The van der Waals surface area contributed by atoms with Crippen LogP contribution in [0.3, 0.4) is 0 Å². The van der Waals surface area contributed by atoms with Crippen molar-refractivity contribution in [3.05, 3.63) is 24.2 Å². The lowest BCUT2D eigenvalue weighted by atomic mass is 9.99. The maximum atomic E-state index is 5.44. The molecule has 0 saturated carbocycles. The van der Waals surface area contributed by atoms with Crippen molar-refractivity contribution in [2.75, 3.05) is 44.3 Å². The molecule has 2 aromatic rings. The van der Waals surface area contributed by atoms with Crippen LogP contribution >= 0.6 is 0 Å². The van der Waals surface area contributed by atoms with Crippen LogP contribution in [0.15, 0.2) is 22.9 Å². The van der Waals surface area contributed by atoms with E-state index in [4.69, 9.17) is 9.26 Å². The largest absolute Gasteiger partial charge is 0.378 e. The Labute approximate surface area is 148 Å². The van der Waals surface area contributed by atoms with E-state index in [2.05, 4.69) is 31.8 Å². The first kappa shape index (κ1) is 16.5. The van der Waals surface area contributed by atoms with Crippen molar-refractivity contribution in [1.29, 1.82) is 0 Å². The van der Waals surface area contributed by atoms with Crippen molar-refractivity contribution in [1.82, 2.24) is 20.0 Å². The Bertz CT molecular complexity index is 673. The number of hydrogen-bond acceptors (Lipinski definition) is 7. The van der Waals surface area contributed by atoms with Gasteiger partial charge in [0.15, 0.2) is 0 Å². The van der Waals surface area contributed by atoms with Gasteiger partial charge in [-0.15, -0.1) is 0 Å². The molecule has 134 valence electrons. The zero-order valence-electron chi connectivity index (χ0n) is 14.7. The molecule has 0 unspecified atom stereocenters. The third-order valence-electron chi connectivity index (χ3n) is 5.04. The second-order valence-electron chi connectivity index (χ2n) is 6.97. The van der Waals surface area contributed by atoms with Crippen LogP contribution in [0, 0.1) is 5.92 Å². The molecule has 0 amide bonds. The Morgan fingerprint density at radius 2 is 1.92 bits per heavy atom. The normalized spacial score (nSPS) is 20.1. The molecule has 2 fully saturated rings. The molecule has 0 aromatic carbocycles. The Morgan fingerprint density at radius 3 is 2.64 bits per heavy atom. The van der Waals surface area contributed by atoms with Gasteiger partial charge in [0.25, 0.3) is 0 Å². The van der Waals surface area contributed by atoms with E-state index in [0.29, 0.717) is 11.7 Å². The molecule has 7 heteroatoms. The van der Waals surface area contributed by atoms with E-state index >= 15 is 0 Å². The summed E-state index contributed by atoms with van der Waals surface area (Å²) in [5.74, 6) is 3.09. The van der Waals surface area contributed by atoms with Crippen LogP contribution in [-0.4, -0.2) is 59.4 Å². The number of hydrogen-bond donors (Lipinski definition) is 0. The molecule has 2 aliphatic rings. The summed E-state index contributed by atoms with van der Waals surface area (Å²) < 4.78 is 10.8. The number of likely N-dealkylation sites (tertiary alicyclic amines) is 1. The highest BCUT2D eigenvalue weighted by atomic mass is 16.5. The number of rotatable bonds is 4. The molecule has 0 radical (unpaired) electrons. The van der Waals surface area contributed by atoms with Crippen molar-refractivity contribution in [3.63, 3.8) is 0 Å². The van der Waals surface area contributed by atoms with Crippen molar-refractivity contribution in [3.8, 4) is 11.4 Å². The highest BCUT2D eigenvalue weighted by molar-refractivity contribution is 5.55. The highest BCUT2D eigenvalue weighted by Gasteiger charge is 2.19. The molecular formula is C18H25N5O2. The van der Waals surface area contributed by atoms with Gasteiger partial charge in [0, 0.05) is 24.8 Å². The van der Waals surface area contributed by atoms with E-state index in [9.17, 15) is 0 Å². The molecule has 25 heavy (non-hydrogen) atoms. The third kappa shape index (κ3) is 3.99. The molecule has 2 aromatic heterocycles. The SMILES string of the molecule is CC1CCN(Cc2nc(-c3ccc(N4CCOCC4)nc3)no2)CC1. The number of piperidine rings is 1. The van der Waals surface area contributed by atoms with Crippen LogP contribution in [0.4, 0.5) is 5.82 Å². The first-order valence-corrected chi connectivity index (χ1v) is 9.12. The minimum absolute atomic E-state index is 0.612. The van der Waals surface area contributed by atoms with E-state index in [1.54, 1.807) is 0 Å². The summed E-state index contributed by atoms with van der Waals surface area (Å²) in [6.07, 6.45) is 4.31. The lowest BCUT2D eigenvalue weighted by Gasteiger charge is -2.28. The van der Waals surface area contributed by atoms with E-state index < -0.39 is 0 Å². The Hall–Kier alpha value is -1.99. The Balaban J connectivity index is 1.39. The molecule has 4 rings (SSSR count). The van der Waals surface area contributed by atoms with Gasteiger partial charge in [0.05, 0.1) is 19.8 Å². The second kappa shape index (κ2) is 7.49. The highest BCUT2D eigenvalue weighted by Crippen LogP contribution is 2.21. The topological polar surface area (TPSA) is 67.5 Å². The average molecular weight is 343 g/mol. The monoisotopic (exact) mass is 343 g/mol. The average Bonchev–Trinajstić information content (AvgIpc) is 3.13. The van der Waals surface area contributed by atoms with Gasteiger partial charge in [-0.3, -0.25) is 4.90 Å². The molecule has 4 heterocycles. The fourth-order valence-electron chi connectivity index (χ4n) is 3.35. The third-order valence-corrected chi connectivity index (χ3v) is 5.04. The smallest absolute Gasteiger partial charge is 0.241 e.